The van der Waals surface area contributed by atoms with Gasteiger partial charge in [-0.1, -0.05) is 15.9 Å². The zero-order valence-corrected chi connectivity index (χ0v) is 14.3. The van der Waals surface area contributed by atoms with E-state index in [4.69, 9.17) is 9.84 Å². The maximum Gasteiger partial charge on any atom is 0.315 e. The van der Waals surface area contributed by atoms with Crippen molar-refractivity contribution in [3.63, 3.8) is 0 Å². The Balaban J connectivity index is 1.58. The van der Waals surface area contributed by atoms with Gasteiger partial charge in [0.15, 0.2) is 0 Å². The Morgan fingerprint density at radius 2 is 1.83 bits per heavy atom. The fourth-order valence-corrected chi connectivity index (χ4v) is 2.85. The molecule has 1 aromatic carbocycles. The minimum atomic E-state index is -0.738. The van der Waals surface area contributed by atoms with Crippen molar-refractivity contribution in [3.05, 3.63) is 28.7 Å². The van der Waals surface area contributed by atoms with E-state index in [1.165, 1.54) is 0 Å². The van der Waals surface area contributed by atoms with Crippen LogP contribution >= 0.6 is 15.9 Å². The van der Waals surface area contributed by atoms with E-state index in [0.29, 0.717) is 38.8 Å². The van der Waals surface area contributed by atoms with E-state index in [1.807, 2.05) is 24.3 Å². The number of halogens is 1. The minimum absolute atomic E-state index is 0.0537. The third kappa shape index (κ3) is 6.09. The number of nitrogens with one attached hydrogen (secondary N) is 2. The van der Waals surface area contributed by atoms with Gasteiger partial charge in [0, 0.05) is 10.5 Å². The van der Waals surface area contributed by atoms with Gasteiger partial charge in [-0.3, -0.25) is 4.79 Å². The van der Waals surface area contributed by atoms with Gasteiger partial charge in [-0.2, -0.15) is 0 Å². The summed E-state index contributed by atoms with van der Waals surface area (Å²) in [7, 11) is 0. The molecule has 0 bridgehead atoms. The second kappa shape index (κ2) is 8.76. The standard InChI is InChI=1S/C16H21BrN2O4/c17-12-3-7-14(8-4-12)23-10-9-18-16(22)19-13-5-1-11(2-6-13)15(20)21/h3-4,7-8,11,13H,1-2,5-6,9-10H2,(H,20,21)(H2,18,19,22). The Kier molecular flexibility index (Phi) is 6.70. The van der Waals surface area contributed by atoms with Gasteiger partial charge in [0.1, 0.15) is 12.4 Å². The normalized spacial score (nSPS) is 20.6. The molecule has 2 amide bonds. The largest absolute Gasteiger partial charge is 0.492 e. The van der Waals surface area contributed by atoms with Crippen molar-refractivity contribution in [3.8, 4) is 5.75 Å². The van der Waals surface area contributed by atoms with Crippen LogP contribution < -0.4 is 15.4 Å². The number of rotatable bonds is 6. The summed E-state index contributed by atoms with van der Waals surface area (Å²) in [4.78, 5) is 22.7. The van der Waals surface area contributed by atoms with Crippen molar-refractivity contribution in [2.45, 2.75) is 31.7 Å². The zero-order chi connectivity index (χ0) is 16.7. The molecule has 0 atom stereocenters. The molecule has 6 nitrogen and oxygen atoms in total. The molecule has 0 heterocycles. The summed E-state index contributed by atoms with van der Waals surface area (Å²) in [5, 5.41) is 14.6. The summed E-state index contributed by atoms with van der Waals surface area (Å²) in [5.41, 5.74) is 0. The van der Waals surface area contributed by atoms with Gasteiger partial charge in [0.2, 0.25) is 0 Å². The first-order chi connectivity index (χ1) is 11.0. The molecule has 7 heteroatoms. The Bertz CT molecular complexity index is 527. The lowest BCUT2D eigenvalue weighted by molar-refractivity contribution is -0.142. The van der Waals surface area contributed by atoms with E-state index < -0.39 is 5.97 Å². The van der Waals surface area contributed by atoms with E-state index in [0.717, 1.165) is 10.2 Å². The number of hydrogen-bond acceptors (Lipinski definition) is 3. The fourth-order valence-electron chi connectivity index (χ4n) is 2.59. The van der Waals surface area contributed by atoms with Crippen LogP contribution in [0.1, 0.15) is 25.7 Å². The van der Waals surface area contributed by atoms with Gasteiger partial charge in [0.25, 0.3) is 0 Å². The number of carboxylic acid groups (broad SMARTS) is 1. The van der Waals surface area contributed by atoms with Crippen LogP contribution in [0, 0.1) is 5.92 Å². The molecule has 1 saturated carbocycles. The van der Waals surface area contributed by atoms with Crippen molar-refractivity contribution >= 4 is 27.9 Å². The third-order valence-corrected chi connectivity index (χ3v) is 4.41. The van der Waals surface area contributed by atoms with Crippen LogP contribution in [0.2, 0.25) is 0 Å². The summed E-state index contributed by atoms with van der Waals surface area (Å²) in [6.45, 7) is 0.799. The first-order valence-corrected chi connectivity index (χ1v) is 8.49. The average Bonchev–Trinajstić information content (AvgIpc) is 2.54. The van der Waals surface area contributed by atoms with E-state index in [1.54, 1.807) is 0 Å². The molecule has 0 unspecified atom stereocenters. The highest BCUT2D eigenvalue weighted by Crippen LogP contribution is 2.24. The van der Waals surface area contributed by atoms with Crippen LogP contribution in [0.15, 0.2) is 28.7 Å². The van der Waals surface area contributed by atoms with Crippen LogP contribution in [0.5, 0.6) is 5.75 Å². The molecule has 23 heavy (non-hydrogen) atoms. The highest BCUT2D eigenvalue weighted by atomic mass is 79.9. The number of ether oxygens (including phenoxy) is 1. The lowest BCUT2D eigenvalue weighted by Gasteiger charge is -2.26. The highest BCUT2D eigenvalue weighted by Gasteiger charge is 2.26. The molecular weight excluding hydrogens is 364 g/mol. The average molecular weight is 385 g/mol. The van der Waals surface area contributed by atoms with Crippen LogP contribution in [-0.4, -0.2) is 36.3 Å². The van der Waals surface area contributed by atoms with E-state index in [9.17, 15) is 9.59 Å². The number of carbonyl (C=O) groups is 2. The maximum absolute atomic E-state index is 11.8. The first-order valence-electron chi connectivity index (χ1n) is 7.70. The van der Waals surface area contributed by atoms with Gasteiger partial charge < -0.3 is 20.5 Å². The Morgan fingerprint density at radius 3 is 2.43 bits per heavy atom. The van der Waals surface area contributed by atoms with Gasteiger partial charge in [-0.15, -0.1) is 0 Å². The number of aliphatic carboxylic acids is 1. The quantitative estimate of drug-likeness (QED) is 0.658. The second-order valence-electron chi connectivity index (χ2n) is 5.59. The highest BCUT2D eigenvalue weighted by molar-refractivity contribution is 9.10. The molecule has 2 rings (SSSR count). The van der Waals surface area contributed by atoms with Crippen molar-refractivity contribution in [1.82, 2.24) is 10.6 Å². The summed E-state index contributed by atoms with van der Waals surface area (Å²) in [6, 6.07) is 7.31. The molecule has 1 aliphatic carbocycles. The van der Waals surface area contributed by atoms with Crippen LogP contribution in [0.3, 0.4) is 0 Å². The van der Waals surface area contributed by atoms with Gasteiger partial charge in [-0.25, -0.2) is 4.79 Å². The zero-order valence-electron chi connectivity index (χ0n) is 12.8. The lowest BCUT2D eigenvalue weighted by Crippen LogP contribution is -2.45. The fraction of sp³-hybridized carbons (Fsp3) is 0.500. The molecule has 0 spiro atoms. The van der Waals surface area contributed by atoms with Crippen molar-refractivity contribution in [2.75, 3.05) is 13.2 Å². The topological polar surface area (TPSA) is 87.7 Å². The van der Waals surface area contributed by atoms with Crippen molar-refractivity contribution in [1.29, 1.82) is 0 Å². The summed E-state index contributed by atoms with van der Waals surface area (Å²) < 4.78 is 6.50. The Hall–Kier alpha value is -1.76. The number of benzene rings is 1. The Labute approximate surface area is 143 Å². The summed E-state index contributed by atoms with van der Waals surface area (Å²) in [6.07, 6.45) is 2.65. The van der Waals surface area contributed by atoms with E-state index in [-0.39, 0.29) is 18.0 Å². The molecule has 0 saturated heterocycles. The van der Waals surface area contributed by atoms with Crippen molar-refractivity contribution < 1.29 is 19.4 Å². The Morgan fingerprint density at radius 1 is 1.17 bits per heavy atom. The minimum Gasteiger partial charge on any atom is -0.492 e. The smallest absolute Gasteiger partial charge is 0.315 e. The third-order valence-electron chi connectivity index (χ3n) is 3.88. The predicted octanol–water partition coefficient (Wildman–Crippen LogP) is 2.77. The first kappa shape index (κ1) is 17.6. The molecule has 126 valence electrons. The number of urea groups is 1. The van der Waals surface area contributed by atoms with Gasteiger partial charge in [-0.05, 0) is 49.9 Å². The number of hydrogen-bond donors (Lipinski definition) is 3. The second-order valence-corrected chi connectivity index (χ2v) is 6.51. The molecule has 3 N–H and O–H groups in total. The van der Waals surface area contributed by atoms with E-state index >= 15 is 0 Å². The van der Waals surface area contributed by atoms with Crippen molar-refractivity contribution in [2.24, 2.45) is 5.92 Å². The van der Waals surface area contributed by atoms with Crippen LogP contribution in [-0.2, 0) is 4.79 Å². The van der Waals surface area contributed by atoms with Gasteiger partial charge >= 0.3 is 12.0 Å². The molecule has 0 aliphatic heterocycles. The summed E-state index contributed by atoms with van der Waals surface area (Å²) >= 11 is 3.35. The summed E-state index contributed by atoms with van der Waals surface area (Å²) in [5.74, 6) is -0.254. The molecule has 1 fully saturated rings. The molecule has 1 aromatic rings. The van der Waals surface area contributed by atoms with Gasteiger partial charge in [0.05, 0.1) is 12.5 Å². The molecule has 0 aromatic heterocycles. The number of carbonyl (C=O) groups excluding carboxylic acids is 1. The SMILES string of the molecule is O=C(NCCOc1ccc(Br)cc1)NC1CCC(C(=O)O)CC1. The number of carboxylic acids is 1. The predicted molar refractivity (Wildman–Crippen MR) is 89.6 cm³/mol. The molecular formula is C16H21BrN2O4. The monoisotopic (exact) mass is 384 g/mol. The van der Waals surface area contributed by atoms with Crippen LogP contribution in [0.4, 0.5) is 4.79 Å². The molecule has 1 aliphatic rings. The van der Waals surface area contributed by atoms with Crippen LogP contribution in [0.25, 0.3) is 0 Å². The molecule has 0 radical (unpaired) electrons. The van der Waals surface area contributed by atoms with E-state index in [2.05, 4.69) is 26.6 Å². The maximum atomic E-state index is 11.8. The number of amides is 2. The lowest BCUT2D eigenvalue weighted by atomic mass is 9.86.